The predicted molar refractivity (Wildman–Crippen MR) is 51.0 cm³/mol. The van der Waals surface area contributed by atoms with Gasteiger partial charge < -0.3 is 5.32 Å². The van der Waals surface area contributed by atoms with E-state index in [4.69, 9.17) is 12.2 Å². The lowest BCUT2D eigenvalue weighted by molar-refractivity contribution is -0.127. The van der Waals surface area contributed by atoms with Crippen molar-refractivity contribution in [1.82, 2.24) is 5.32 Å². The zero-order valence-electron chi connectivity index (χ0n) is 6.54. The Morgan fingerprint density at radius 1 is 1.58 bits per heavy atom. The first-order valence-electron chi connectivity index (χ1n) is 3.96. The summed E-state index contributed by atoms with van der Waals surface area (Å²) in [5.74, 6) is 0.123. The molecule has 1 unspecified atom stereocenters. The van der Waals surface area contributed by atoms with E-state index >= 15 is 0 Å². The van der Waals surface area contributed by atoms with E-state index in [1.807, 2.05) is 18.2 Å². The van der Waals surface area contributed by atoms with Crippen LogP contribution in [-0.2, 0) is 4.79 Å². The number of rotatable bonds is 1. The summed E-state index contributed by atoms with van der Waals surface area (Å²) < 4.78 is 0. The van der Waals surface area contributed by atoms with Gasteiger partial charge >= 0.3 is 0 Å². The molecule has 1 atom stereocenters. The van der Waals surface area contributed by atoms with Gasteiger partial charge in [-0.3, -0.25) is 4.79 Å². The Kier molecular flexibility index (Phi) is 1.81. The number of hydrogen-bond donors (Lipinski definition) is 1. The van der Waals surface area contributed by atoms with Gasteiger partial charge in [0.2, 0.25) is 5.91 Å². The number of amides is 1. The van der Waals surface area contributed by atoms with Crippen LogP contribution in [-0.4, -0.2) is 16.8 Å². The summed E-state index contributed by atoms with van der Waals surface area (Å²) in [4.78, 5) is 11.6. The van der Waals surface area contributed by atoms with Crippen LogP contribution >= 0.6 is 12.2 Å². The second-order valence-corrected chi connectivity index (χ2v) is 3.49. The smallest absolute Gasteiger partial charge is 0.222 e. The third-order valence-corrected chi connectivity index (χ3v) is 2.54. The lowest BCUT2D eigenvalue weighted by atomic mass is 9.91. The number of nitrogens with one attached hydrogen (secondary N) is 1. The number of thiocarbonyl (C=S) groups is 1. The molecule has 0 spiro atoms. The maximum Gasteiger partial charge on any atom is 0.222 e. The van der Waals surface area contributed by atoms with Crippen LogP contribution in [0.3, 0.4) is 0 Å². The fourth-order valence-corrected chi connectivity index (χ4v) is 1.72. The molecule has 62 valence electrons. The van der Waals surface area contributed by atoms with Crippen molar-refractivity contribution in [1.29, 1.82) is 0 Å². The molecule has 2 nitrogen and oxygen atoms in total. The summed E-state index contributed by atoms with van der Waals surface area (Å²) >= 11 is 5.17. The minimum absolute atomic E-state index is 0.123. The van der Waals surface area contributed by atoms with E-state index in [-0.39, 0.29) is 11.9 Å². The average molecular weight is 179 g/mol. The molecule has 1 N–H and O–H groups in total. The van der Waals surface area contributed by atoms with Gasteiger partial charge in [0.15, 0.2) is 0 Å². The molecule has 0 aromatic rings. The van der Waals surface area contributed by atoms with E-state index in [1.165, 1.54) is 0 Å². The lowest BCUT2D eigenvalue weighted by Crippen LogP contribution is -2.50. The van der Waals surface area contributed by atoms with Gasteiger partial charge in [0.25, 0.3) is 0 Å². The van der Waals surface area contributed by atoms with Gasteiger partial charge in [-0.2, -0.15) is 0 Å². The Bertz CT molecular complexity index is 296. The van der Waals surface area contributed by atoms with Crippen molar-refractivity contribution in [2.45, 2.75) is 18.9 Å². The third-order valence-electron chi connectivity index (χ3n) is 2.14. The maximum atomic E-state index is 10.7. The molecule has 2 aliphatic rings. The van der Waals surface area contributed by atoms with E-state index in [1.54, 1.807) is 0 Å². The first-order valence-corrected chi connectivity index (χ1v) is 4.37. The fourth-order valence-electron chi connectivity index (χ4n) is 1.41. The number of allylic oxidation sites excluding steroid dienone is 3. The first kappa shape index (κ1) is 7.68. The van der Waals surface area contributed by atoms with Gasteiger partial charge in [-0.15, -0.1) is 0 Å². The highest BCUT2D eigenvalue weighted by molar-refractivity contribution is 7.80. The molecular weight excluding hydrogens is 170 g/mol. The molecule has 1 heterocycles. The Hall–Kier alpha value is -0.960. The normalized spacial score (nSPS) is 27.7. The van der Waals surface area contributed by atoms with Gasteiger partial charge in [-0.25, -0.2) is 0 Å². The van der Waals surface area contributed by atoms with Gasteiger partial charge in [0, 0.05) is 11.3 Å². The number of β-lactam (4-membered cyclic amide) rings is 1. The van der Waals surface area contributed by atoms with Gasteiger partial charge in [-0.05, 0) is 5.57 Å². The monoisotopic (exact) mass is 179 g/mol. The van der Waals surface area contributed by atoms with Crippen LogP contribution in [0, 0.1) is 0 Å². The zero-order valence-corrected chi connectivity index (χ0v) is 7.36. The summed E-state index contributed by atoms with van der Waals surface area (Å²) in [5.41, 5.74) is 1.12. The Balaban J connectivity index is 2.12. The molecule has 0 bridgehead atoms. The molecule has 0 radical (unpaired) electrons. The molecule has 0 saturated carbocycles. The summed E-state index contributed by atoms with van der Waals surface area (Å²) in [6, 6.07) is 0.190. The second kappa shape index (κ2) is 2.83. The van der Waals surface area contributed by atoms with Crippen molar-refractivity contribution in [2.24, 2.45) is 0 Å². The van der Waals surface area contributed by atoms with E-state index < -0.39 is 0 Å². The van der Waals surface area contributed by atoms with Crippen LogP contribution in [0.4, 0.5) is 0 Å². The minimum atomic E-state index is 0.123. The van der Waals surface area contributed by atoms with Crippen molar-refractivity contribution in [2.75, 3.05) is 0 Å². The van der Waals surface area contributed by atoms with Crippen LogP contribution in [0.15, 0.2) is 23.8 Å². The number of carbonyl (C=O) groups excluding carboxylic acids is 1. The largest absolute Gasteiger partial charge is 0.349 e. The van der Waals surface area contributed by atoms with Gasteiger partial charge in [0.1, 0.15) is 0 Å². The van der Waals surface area contributed by atoms with Gasteiger partial charge in [-0.1, -0.05) is 30.4 Å². The molecule has 1 saturated heterocycles. The molecule has 12 heavy (non-hydrogen) atoms. The number of hydrogen-bond acceptors (Lipinski definition) is 2. The Labute approximate surface area is 76.3 Å². The van der Waals surface area contributed by atoms with Crippen LogP contribution < -0.4 is 5.32 Å². The van der Waals surface area contributed by atoms with Crippen molar-refractivity contribution >= 4 is 23.0 Å². The lowest BCUT2D eigenvalue weighted by Gasteiger charge is -2.30. The molecule has 1 amide bonds. The molecule has 1 aliphatic heterocycles. The quantitative estimate of drug-likeness (QED) is 0.483. The van der Waals surface area contributed by atoms with Crippen LogP contribution in [0.5, 0.6) is 0 Å². The molecule has 1 aliphatic carbocycles. The fraction of sp³-hybridized carbons (Fsp3) is 0.333. The summed E-state index contributed by atoms with van der Waals surface area (Å²) in [6.07, 6.45) is 7.46. The molecule has 3 heteroatoms. The molecular formula is C9H9NOS. The maximum absolute atomic E-state index is 10.7. The summed E-state index contributed by atoms with van der Waals surface area (Å²) in [7, 11) is 0. The minimum Gasteiger partial charge on any atom is -0.349 e. The van der Waals surface area contributed by atoms with E-state index in [0.717, 1.165) is 16.9 Å². The standard InChI is InChI=1S/C9H9NOS/c11-9-5-7(10-9)6-3-1-2-4-8(6)12/h1-3,7H,4-5H2,(H,10,11). The SMILES string of the molecule is O=C1CC(C2=CC=CCC2=S)N1. The average Bonchev–Trinajstić information content (AvgIpc) is 2.01. The molecule has 0 aromatic carbocycles. The molecule has 0 aromatic heterocycles. The topological polar surface area (TPSA) is 29.1 Å². The van der Waals surface area contributed by atoms with Crippen molar-refractivity contribution in [3.63, 3.8) is 0 Å². The third kappa shape index (κ3) is 1.20. The highest BCUT2D eigenvalue weighted by Gasteiger charge is 2.30. The zero-order chi connectivity index (χ0) is 8.55. The predicted octanol–water partition coefficient (Wildman–Crippen LogP) is 1.13. The van der Waals surface area contributed by atoms with Crippen molar-refractivity contribution < 1.29 is 4.79 Å². The van der Waals surface area contributed by atoms with Crippen molar-refractivity contribution in [3.05, 3.63) is 23.8 Å². The van der Waals surface area contributed by atoms with Gasteiger partial charge in [0.05, 0.1) is 12.5 Å². The summed E-state index contributed by atoms with van der Waals surface area (Å²) in [5, 5.41) is 2.81. The molecule has 1 fully saturated rings. The highest BCUT2D eigenvalue weighted by Crippen LogP contribution is 2.20. The van der Waals surface area contributed by atoms with E-state index in [2.05, 4.69) is 5.32 Å². The van der Waals surface area contributed by atoms with Crippen LogP contribution in [0.1, 0.15) is 12.8 Å². The Morgan fingerprint density at radius 3 is 2.92 bits per heavy atom. The van der Waals surface area contributed by atoms with Crippen LogP contribution in [0.25, 0.3) is 0 Å². The molecule has 2 rings (SSSR count). The van der Waals surface area contributed by atoms with Crippen molar-refractivity contribution in [3.8, 4) is 0 Å². The second-order valence-electron chi connectivity index (χ2n) is 3.00. The number of carbonyl (C=O) groups is 1. The van der Waals surface area contributed by atoms with E-state index in [0.29, 0.717) is 6.42 Å². The summed E-state index contributed by atoms with van der Waals surface area (Å²) in [6.45, 7) is 0. The first-order chi connectivity index (χ1) is 5.77. The van der Waals surface area contributed by atoms with E-state index in [9.17, 15) is 4.79 Å². The highest BCUT2D eigenvalue weighted by atomic mass is 32.1. The Morgan fingerprint density at radius 2 is 2.33 bits per heavy atom. The van der Waals surface area contributed by atoms with Crippen LogP contribution in [0.2, 0.25) is 0 Å².